The molecule has 2 rings (SSSR count). The zero-order valence-electron chi connectivity index (χ0n) is 14.5. The van der Waals surface area contributed by atoms with E-state index in [0.29, 0.717) is 16.9 Å². The van der Waals surface area contributed by atoms with Crippen LogP contribution in [0.4, 0.5) is 0 Å². The summed E-state index contributed by atoms with van der Waals surface area (Å²) in [5.74, 6) is 0.612. The fraction of sp³-hybridized carbons (Fsp3) is 0.875. The summed E-state index contributed by atoms with van der Waals surface area (Å²) < 4.78 is 0.652. The van der Waals surface area contributed by atoms with Crippen LogP contribution in [0.5, 0.6) is 0 Å². The van der Waals surface area contributed by atoms with Crippen LogP contribution in [0.1, 0.15) is 12.8 Å². The Kier molecular flexibility index (Phi) is 5.45. The summed E-state index contributed by atoms with van der Waals surface area (Å²) >= 11 is 0. The minimum Gasteiger partial charge on any atom is -0.340 e. The molecule has 2 heterocycles. The lowest BCUT2D eigenvalue weighted by Crippen LogP contribution is -2.52. The van der Waals surface area contributed by atoms with Crippen molar-refractivity contribution < 1.29 is 14.1 Å². The highest BCUT2D eigenvalue weighted by atomic mass is 16.2. The summed E-state index contributed by atoms with van der Waals surface area (Å²) in [4.78, 5) is 31.0. The molecule has 2 aliphatic heterocycles. The van der Waals surface area contributed by atoms with Gasteiger partial charge in [0.1, 0.15) is 0 Å². The van der Waals surface area contributed by atoms with E-state index in [4.69, 9.17) is 0 Å². The van der Waals surface area contributed by atoms with Gasteiger partial charge in [-0.2, -0.15) is 0 Å². The van der Waals surface area contributed by atoms with Gasteiger partial charge in [-0.05, 0) is 19.9 Å². The number of nitrogens with zero attached hydrogens (tertiary/aromatic N) is 4. The van der Waals surface area contributed by atoms with E-state index in [1.54, 1.807) is 0 Å². The number of likely N-dealkylation sites (tertiary alicyclic amines) is 1. The molecule has 0 spiro atoms. The maximum Gasteiger partial charge on any atom is 0.277 e. The SMILES string of the molecule is CN1CCN(C(=O)C2CCN(C(=O)C[N+](C)(C)C)CC2)CC1. The number of quaternary nitrogens is 1. The van der Waals surface area contributed by atoms with Crippen LogP contribution < -0.4 is 0 Å². The Balaban J connectivity index is 1.79. The molecule has 0 aliphatic carbocycles. The average Bonchev–Trinajstić information content (AvgIpc) is 2.46. The molecule has 0 aromatic rings. The van der Waals surface area contributed by atoms with Gasteiger partial charge in [-0.3, -0.25) is 9.59 Å². The van der Waals surface area contributed by atoms with Crippen molar-refractivity contribution in [2.45, 2.75) is 12.8 Å². The molecule has 0 aromatic heterocycles. The van der Waals surface area contributed by atoms with Crippen molar-refractivity contribution >= 4 is 11.8 Å². The number of likely N-dealkylation sites (N-methyl/N-ethyl adjacent to an activating group) is 2. The van der Waals surface area contributed by atoms with Crippen molar-refractivity contribution in [3.63, 3.8) is 0 Å². The molecule has 0 saturated carbocycles. The van der Waals surface area contributed by atoms with Gasteiger partial charge in [-0.15, -0.1) is 0 Å². The van der Waals surface area contributed by atoms with Crippen LogP contribution in [-0.4, -0.2) is 105 Å². The first kappa shape index (κ1) is 17.2. The highest BCUT2D eigenvalue weighted by Crippen LogP contribution is 2.20. The minimum absolute atomic E-state index is 0.108. The maximum absolute atomic E-state index is 12.6. The van der Waals surface area contributed by atoms with Gasteiger partial charge in [-0.1, -0.05) is 0 Å². The molecule has 0 N–H and O–H groups in total. The standard InChI is InChI=1S/C16H31N4O2/c1-17-9-11-19(12-10-17)16(22)14-5-7-18(8-6-14)15(21)13-20(2,3)4/h14H,5-13H2,1-4H3/q+1. The minimum atomic E-state index is 0.108. The van der Waals surface area contributed by atoms with Gasteiger partial charge in [0.25, 0.3) is 5.91 Å². The van der Waals surface area contributed by atoms with Crippen molar-refractivity contribution in [3.05, 3.63) is 0 Å². The molecule has 6 nitrogen and oxygen atoms in total. The van der Waals surface area contributed by atoms with Crippen molar-refractivity contribution in [1.82, 2.24) is 14.7 Å². The van der Waals surface area contributed by atoms with Crippen LogP contribution in [0.2, 0.25) is 0 Å². The molecular weight excluding hydrogens is 280 g/mol. The summed E-state index contributed by atoms with van der Waals surface area (Å²) in [7, 11) is 8.18. The molecule has 2 amide bonds. The molecule has 0 aromatic carbocycles. The lowest BCUT2D eigenvalue weighted by atomic mass is 9.95. The number of piperidine rings is 1. The molecule has 6 heteroatoms. The van der Waals surface area contributed by atoms with Crippen molar-refractivity contribution in [2.24, 2.45) is 5.92 Å². The Morgan fingerprint density at radius 3 is 1.95 bits per heavy atom. The quantitative estimate of drug-likeness (QED) is 0.673. The molecule has 22 heavy (non-hydrogen) atoms. The van der Waals surface area contributed by atoms with E-state index in [1.807, 2.05) is 30.9 Å². The Hall–Kier alpha value is -1.14. The third-order valence-corrected chi connectivity index (χ3v) is 4.62. The fourth-order valence-corrected chi connectivity index (χ4v) is 3.17. The summed E-state index contributed by atoms with van der Waals surface area (Å²) in [6, 6.07) is 0. The second kappa shape index (κ2) is 6.96. The maximum atomic E-state index is 12.6. The van der Waals surface area contributed by atoms with Crippen LogP contribution in [0.3, 0.4) is 0 Å². The zero-order chi connectivity index (χ0) is 16.3. The molecule has 0 radical (unpaired) electrons. The average molecular weight is 311 g/mol. The second-order valence-electron chi connectivity index (χ2n) is 7.73. The second-order valence-corrected chi connectivity index (χ2v) is 7.73. The van der Waals surface area contributed by atoms with Gasteiger partial charge in [0, 0.05) is 45.2 Å². The van der Waals surface area contributed by atoms with Crippen LogP contribution in [0.15, 0.2) is 0 Å². The van der Waals surface area contributed by atoms with Crippen LogP contribution in [-0.2, 0) is 9.59 Å². The fourth-order valence-electron chi connectivity index (χ4n) is 3.17. The topological polar surface area (TPSA) is 43.9 Å². The van der Waals surface area contributed by atoms with Gasteiger partial charge in [-0.25, -0.2) is 0 Å². The summed E-state index contributed by atoms with van der Waals surface area (Å²) in [6.45, 7) is 5.59. The monoisotopic (exact) mass is 311 g/mol. The van der Waals surface area contributed by atoms with Crippen molar-refractivity contribution in [3.8, 4) is 0 Å². The molecule has 2 aliphatic rings. The van der Waals surface area contributed by atoms with E-state index in [0.717, 1.165) is 52.1 Å². The third-order valence-electron chi connectivity index (χ3n) is 4.62. The zero-order valence-corrected chi connectivity index (χ0v) is 14.5. The normalized spacial score (nSPS) is 22.0. The predicted octanol–water partition coefficient (Wildman–Crippen LogP) is -0.295. The Bertz CT molecular complexity index is 403. The highest BCUT2D eigenvalue weighted by Gasteiger charge is 2.32. The number of carbonyl (C=O) groups is 2. The van der Waals surface area contributed by atoms with Crippen LogP contribution in [0.25, 0.3) is 0 Å². The smallest absolute Gasteiger partial charge is 0.277 e. The van der Waals surface area contributed by atoms with E-state index >= 15 is 0 Å². The first-order valence-electron chi connectivity index (χ1n) is 8.32. The Labute approximate surface area is 134 Å². The van der Waals surface area contributed by atoms with Gasteiger partial charge in [0.15, 0.2) is 6.54 Å². The number of amides is 2. The van der Waals surface area contributed by atoms with Crippen molar-refractivity contribution in [2.75, 3.05) is 74.0 Å². The highest BCUT2D eigenvalue weighted by molar-refractivity contribution is 5.80. The molecule has 126 valence electrons. The van der Waals surface area contributed by atoms with Crippen LogP contribution in [0, 0.1) is 5.92 Å². The number of hydrogen-bond donors (Lipinski definition) is 0. The largest absolute Gasteiger partial charge is 0.340 e. The van der Waals surface area contributed by atoms with Gasteiger partial charge in [0.05, 0.1) is 21.1 Å². The molecule has 0 unspecified atom stereocenters. The van der Waals surface area contributed by atoms with Gasteiger partial charge < -0.3 is 19.2 Å². The molecule has 0 bridgehead atoms. The number of carbonyl (C=O) groups excluding carboxylic acids is 2. The van der Waals surface area contributed by atoms with E-state index in [2.05, 4.69) is 11.9 Å². The predicted molar refractivity (Wildman–Crippen MR) is 86.3 cm³/mol. The Morgan fingerprint density at radius 2 is 1.45 bits per heavy atom. The van der Waals surface area contributed by atoms with E-state index in [9.17, 15) is 9.59 Å². The van der Waals surface area contributed by atoms with Gasteiger partial charge >= 0.3 is 0 Å². The lowest BCUT2D eigenvalue weighted by molar-refractivity contribution is -0.862. The van der Waals surface area contributed by atoms with Gasteiger partial charge in [0.2, 0.25) is 5.91 Å². The summed E-state index contributed by atoms with van der Waals surface area (Å²) in [5, 5.41) is 0. The molecule has 2 saturated heterocycles. The Morgan fingerprint density at radius 1 is 0.909 bits per heavy atom. The number of piperazine rings is 1. The first-order valence-corrected chi connectivity index (χ1v) is 8.32. The van der Waals surface area contributed by atoms with E-state index in [-0.39, 0.29) is 11.8 Å². The van der Waals surface area contributed by atoms with E-state index < -0.39 is 0 Å². The van der Waals surface area contributed by atoms with Crippen LogP contribution >= 0.6 is 0 Å². The lowest BCUT2D eigenvalue weighted by Gasteiger charge is -2.38. The molecule has 2 fully saturated rings. The first-order chi connectivity index (χ1) is 10.3. The van der Waals surface area contributed by atoms with Crippen molar-refractivity contribution in [1.29, 1.82) is 0 Å². The third kappa shape index (κ3) is 4.68. The molecular formula is C16H31N4O2+. The van der Waals surface area contributed by atoms with E-state index in [1.165, 1.54) is 0 Å². The molecule has 0 atom stereocenters. The number of hydrogen-bond acceptors (Lipinski definition) is 3. The summed E-state index contributed by atoms with van der Waals surface area (Å²) in [6.07, 6.45) is 1.63. The number of rotatable bonds is 3. The summed E-state index contributed by atoms with van der Waals surface area (Å²) in [5.41, 5.74) is 0.